The van der Waals surface area contributed by atoms with E-state index in [4.69, 9.17) is 4.74 Å². The van der Waals surface area contributed by atoms with E-state index in [0.717, 1.165) is 21.1 Å². The van der Waals surface area contributed by atoms with Crippen molar-refractivity contribution in [1.29, 1.82) is 0 Å². The van der Waals surface area contributed by atoms with E-state index in [9.17, 15) is 5.11 Å². The number of phenols is 1. The second-order valence-electron chi connectivity index (χ2n) is 5.49. The van der Waals surface area contributed by atoms with Crippen molar-refractivity contribution in [3.05, 3.63) is 50.4 Å². The number of hydrogen-bond donors (Lipinski definition) is 1. The molecule has 0 unspecified atom stereocenters. The number of ether oxygens (including phenoxy) is 1. The van der Waals surface area contributed by atoms with Crippen molar-refractivity contribution in [1.82, 2.24) is 0 Å². The van der Waals surface area contributed by atoms with E-state index < -0.39 is 0 Å². The highest BCUT2D eigenvalue weighted by molar-refractivity contribution is 9.13. The average Bonchev–Trinajstić information content (AvgIpc) is 2.59. The van der Waals surface area contributed by atoms with Crippen LogP contribution >= 0.6 is 31.9 Å². The molecule has 0 fully saturated rings. The maximum absolute atomic E-state index is 10.5. The normalized spacial score (nSPS) is 12.5. The lowest BCUT2D eigenvalue weighted by Gasteiger charge is -2.13. The molecule has 24 heavy (non-hydrogen) atoms. The molecule has 0 aliphatic rings. The molecule has 1 N–H and O–H groups in total. The monoisotopic (exact) mass is 453 g/mol. The van der Waals surface area contributed by atoms with Gasteiger partial charge in [-0.2, -0.15) is 0 Å². The van der Waals surface area contributed by atoms with Gasteiger partial charge in [-0.3, -0.25) is 4.99 Å². The Morgan fingerprint density at radius 2 is 1.96 bits per heavy atom. The molecule has 2 aromatic rings. The first-order valence-corrected chi connectivity index (χ1v) is 9.54. The van der Waals surface area contributed by atoms with Crippen LogP contribution in [0.25, 0.3) is 0 Å². The van der Waals surface area contributed by atoms with E-state index in [1.165, 1.54) is 5.56 Å². The summed E-state index contributed by atoms with van der Waals surface area (Å²) < 4.78 is 7.03. The molecule has 0 aliphatic heterocycles. The van der Waals surface area contributed by atoms with E-state index in [0.29, 0.717) is 23.8 Å². The second-order valence-corrected chi connectivity index (χ2v) is 7.14. The minimum absolute atomic E-state index is 0.0803. The summed E-state index contributed by atoms with van der Waals surface area (Å²) in [7, 11) is 0. The Bertz CT molecular complexity index is 744. The summed E-state index contributed by atoms with van der Waals surface area (Å²) >= 11 is 6.97. The third-order valence-electron chi connectivity index (χ3n) is 3.91. The van der Waals surface area contributed by atoms with E-state index in [-0.39, 0.29) is 5.75 Å². The number of nitrogens with zero attached hydrogens (tertiary/aromatic N) is 1. The fourth-order valence-electron chi connectivity index (χ4n) is 2.37. The number of hydrogen-bond acceptors (Lipinski definition) is 3. The number of aromatic hydroxyl groups is 1. The van der Waals surface area contributed by atoms with Gasteiger partial charge in [0.15, 0.2) is 11.5 Å². The Labute approximate surface area is 160 Å². The average molecular weight is 455 g/mol. The van der Waals surface area contributed by atoms with Gasteiger partial charge >= 0.3 is 0 Å². The Morgan fingerprint density at radius 3 is 2.62 bits per heavy atom. The van der Waals surface area contributed by atoms with Gasteiger partial charge in [-0.15, -0.1) is 0 Å². The minimum Gasteiger partial charge on any atom is -0.504 e. The zero-order valence-electron chi connectivity index (χ0n) is 14.0. The van der Waals surface area contributed by atoms with Crippen LogP contribution in [0.1, 0.15) is 44.2 Å². The van der Waals surface area contributed by atoms with Gasteiger partial charge in [0.25, 0.3) is 0 Å². The molecule has 5 heteroatoms. The molecule has 0 bridgehead atoms. The summed E-state index contributed by atoms with van der Waals surface area (Å²) in [6, 6.07) is 9.83. The molecule has 1 atom stereocenters. The highest BCUT2D eigenvalue weighted by Crippen LogP contribution is 2.40. The lowest BCUT2D eigenvalue weighted by molar-refractivity contribution is 0.317. The van der Waals surface area contributed by atoms with Crippen molar-refractivity contribution in [2.24, 2.45) is 4.99 Å². The van der Waals surface area contributed by atoms with Gasteiger partial charge in [0, 0.05) is 15.2 Å². The third-order valence-corrected chi connectivity index (χ3v) is 5.92. The zero-order valence-corrected chi connectivity index (χ0v) is 17.2. The van der Waals surface area contributed by atoms with Crippen molar-refractivity contribution < 1.29 is 9.84 Å². The second kappa shape index (κ2) is 8.67. The van der Waals surface area contributed by atoms with Crippen molar-refractivity contribution >= 4 is 43.8 Å². The standard InChI is InChI=1S/C19H21Br2NO2/c1-4-12(3)13-8-6-7-9-16(13)22-11-14-18(21)15(20)10-17(19(14)23)24-5-2/h6-12,23H,4-5H2,1-3H3/t12-/m0/s1. The predicted molar refractivity (Wildman–Crippen MR) is 107 cm³/mol. The third kappa shape index (κ3) is 4.19. The van der Waals surface area contributed by atoms with Gasteiger partial charge in [0.05, 0.1) is 17.9 Å². The van der Waals surface area contributed by atoms with Crippen molar-refractivity contribution in [3.63, 3.8) is 0 Å². The highest BCUT2D eigenvalue weighted by atomic mass is 79.9. The molecule has 0 saturated heterocycles. The molecule has 0 spiro atoms. The predicted octanol–water partition coefficient (Wildman–Crippen LogP) is 6.58. The molecule has 0 aliphatic carbocycles. The first-order chi connectivity index (χ1) is 11.5. The van der Waals surface area contributed by atoms with Gasteiger partial charge in [0.2, 0.25) is 0 Å². The van der Waals surface area contributed by atoms with E-state index >= 15 is 0 Å². The van der Waals surface area contributed by atoms with Crippen LogP contribution in [-0.2, 0) is 0 Å². The number of rotatable bonds is 6. The summed E-state index contributed by atoms with van der Waals surface area (Å²) in [6.07, 6.45) is 2.72. The summed E-state index contributed by atoms with van der Waals surface area (Å²) in [6.45, 7) is 6.71. The van der Waals surface area contributed by atoms with Gasteiger partial charge in [-0.1, -0.05) is 32.0 Å². The Balaban J connectivity index is 2.47. The summed E-state index contributed by atoms with van der Waals surface area (Å²) in [4.78, 5) is 4.62. The molecule has 3 nitrogen and oxygen atoms in total. The Kier molecular flexibility index (Phi) is 6.87. The molecule has 0 amide bonds. The summed E-state index contributed by atoms with van der Waals surface area (Å²) in [5.41, 5.74) is 2.70. The largest absolute Gasteiger partial charge is 0.504 e. The lowest BCUT2D eigenvalue weighted by atomic mass is 9.97. The van der Waals surface area contributed by atoms with Gasteiger partial charge in [-0.05, 0) is 68.8 Å². The first-order valence-electron chi connectivity index (χ1n) is 7.96. The van der Waals surface area contributed by atoms with Crippen molar-refractivity contribution in [2.45, 2.75) is 33.1 Å². The molecule has 2 rings (SSSR count). The maximum atomic E-state index is 10.5. The maximum Gasteiger partial charge on any atom is 0.167 e. The van der Waals surface area contributed by atoms with Crippen LogP contribution in [-0.4, -0.2) is 17.9 Å². The molecule has 128 valence electrons. The highest BCUT2D eigenvalue weighted by Gasteiger charge is 2.15. The molecule has 0 radical (unpaired) electrons. The van der Waals surface area contributed by atoms with Crippen LogP contribution in [0.3, 0.4) is 0 Å². The summed E-state index contributed by atoms with van der Waals surface area (Å²) in [5.74, 6) is 0.942. The smallest absolute Gasteiger partial charge is 0.167 e. The number of aliphatic imine (C=N–C) groups is 1. The van der Waals surface area contributed by atoms with Crippen molar-refractivity contribution in [3.8, 4) is 11.5 Å². The molecule has 0 heterocycles. The quantitative estimate of drug-likeness (QED) is 0.500. The molecule has 2 aromatic carbocycles. The Morgan fingerprint density at radius 1 is 1.25 bits per heavy atom. The SMILES string of the molecule is CCOc1cc(Br)c(Br)c(C=Nc2ccccc2[C@@H](C)CC)c1O. The Hall–Kier alpha value is -1.33. The van der Waals surface area contributed by atoms with Gasteiger partial charge in [0.1, 0.15) is 0 Å². The minimum atomic E-state index is 0.0803. The van der Waals surface area contributed by atoms with Crippen LogP contribution in [0.5, 0.6) is 11.5 Å². The zero-order chi connectivity index (χ0) is 17.7. The van der Waals surface area contributed by atoms with E-state index in [1.807, 2.05) is 25.1 Å². The fraction of sp³-hybridized carbons (Fsp3) is 0.316. The van der Waals surface area contributed by atoms with Crippen LogP contribution in [0.2, 0.25) is 0 Å². The lowest BCUT2D eigenvalue weighted by Crippen LogP contribution is -1.96. The number of benzene rings is 2. The van der Waals surface area contributed by atoms with Crippen LogP contribution in [0.4, 0.5) is 5.69 Å². The number of halogens is 2. The van der Waals surface area contributed by atoms with Crippen LogP contribution in [0, 0.1) is 0 Å². The van der Waals surface area contributed by atoms with Crippen molar-refractivity contribution in [2.75, 3.05) is 6.61 Å². The molecular formula is C19H21Br2NO2. The fourth-order valence-corrected chi connectivity index (χ4v) is 3.20. The van der Waals surface area contributed by atoms with Gasteiger partial charge in [-0.25, -0.2) is 0 Å². The topological polar surface area (TPSA) is 41.8 Å². The van der Waals surface area contributed by atoms with Gasteiger partial charge < -0.3 is 9.84 Å². The molecule has 0 aromatic heterocycles. The first kappa shape index (κ1) is 19.0. The number of phenolic OH excluding ortho intramolecular Hbond substituents is 1. The van der Waals surface area contributed by atoms with Crippen LogP contribution < -0.4 is 4.74 Å². The summed E-state index contributed by atoms with van der Waals surface area (Å²) in [5, 5.41) is 10.5. The molecule has 0 saturated carbocycles. The van der Waals surface area contributed by atoms with E-state index in [2.05, 4.69) is 56.8 Å². The van der Waals surface area contributed by atoms with Crippen LogP contribution in [0.15, 0.2) is 44.3 Å². The number of para-hydroxylation sites is 1. The van der Waals surface area contributed by atoms with E-state index in [1.54, 1.807) is 12.3 Å². The molecular weight excluding hydrogens is 434 g/mol.